The highest BCUT2D eigenvalue weighted by Crippen LogP contribution is 2.22. The van der Waals surface area contributed by atoms with Crippen molar-refractivity contribution in [2.75, 3.05) is 17.2 Å². The Kier molecular flexibility index (Phi) is 3.81. The smallest absolute Gasteiger partial charge is 0.329 e. The topological polar surface area (TPSA) is 106 Å². The van der Waals surface area contributed by atoms with Gasteiger partial charge in [-0.1, -0.05) is 0 Å². The third-order valence-electron chi connectivity index (χ3n) is 2.25. The first-order valence-corrected chi connectivity index (χ1v) is 5.63. The van der Waals surface area contributed by atoms with Crippen LogP contribution in [0.2, 0.25) is 0 Å². The summed E-state index contributed by atoms with van der Waals surface area (Å²) < 4.78 is 0. The van der Waals surface area contributed by atoms with Gasteiger partial charge in [0, 0.05) is 24.6 Å². The Morgan fingerprint density at radius 3 is 2.74 bits per heavy atom. The van der Waals surface area contributed by atoms with E-state index in [-0.39, 0.29) is 17.5 Å². The van der Waals surface area contributed by atoms with E-state index in [1.54, 1.807) is 24.5 Å². The van der Waals surface area contributed by atoms with Crippen molar-refractivity contribution in [2.24, 2.45) is 0 Å². The number of rotatable bonds is 5. The number of hydrogen-bond acceptors (Lipinski definition) is 7. The molecule has 19 heavy (non-hydrogen) atoms. The number of pyridine rings is 1. The minimum atomic E-state index is -0.520. The van der Waals surface area contributed by atoms with Gasteiger partial charge in [0.1, 0.15) is 6.20 Å². The lowest BCUT2D eigenvalue weighted by Gasteiger charge is -2.07. The molecule has 0 saturated carbocycles. The van der Waals surface area contributed by atoms with Crippen LogP contribution < -0.4 is 10.6 Å². The van der Waals surface area contributed by atoms with Gasteiger partial charge in [0.25, 0.3) is 0 Å². The number of anilines is 3. The summed E-state index contributed by atoms with van der Waals surface area (Å²) in [4.78, 5) is 22.2. The zero-order valence-electron chi connectivity index (χ0n) is 10.2. The number of aromatic nitrogens is 3. The molecule has 2 rings (SSSR count). The summed E-state index contributed by atoms with van der Waals surface area (Å²) in [5.41, 5.74) is 0.605. The number of nitrogens with zero attached hydrogens (tertiary/aromatic N) is 4. The number of hydrogen-bond donors (Lipinski definition) is 2. The van der Waals surface area contributed by atoms with Gasteiger partial charge in [-0.15, -0.1) is 0 Å². The van der Waals surface area contributed by atoms with Crippen molar-refractivity contribution >= 4 is 23.1 Å². The van der Waals surface area contributed by atoms with Crippen LogP contribution in [0, 0.1) is 10.1 Å². The van der Waals surface area contributed by atoms with Gasteiger partial charge in [-0.2, -0.15) is 4.98 Å². The third kappa shape index (κ3) is 3.12. The predicted molar refractivity (Wildman–Crippen MR) is 70.4 cm³/mol. The predicted octanol–water partition coefficient (Wildman–Crippen LogP) is 1.96. The summed E-state index contributed by atoms with van der Waals surface area (Å²) in [6, 6.07) is 3.50. The second-order valence-corrected chi connectivity index (χ2v) is 3.58. The first-order valence-electron chi connectivity index (χ1n) is 5.63. The van der Waals surface area contributed by atoms with Crippen LogP contribution in [-0.4, -0.2) is 26.4 Å². The molecule has 0 spiro atoms. The average molecular weight is 260 g/mol. The van der Waals surface area contributed by atoms with Crippen molar-refractivity contribution in [3.63, 3.8) is 0 Å². The molecule has 0 aromatic carbocycles. The van der Waals surface area contributed by atoms with E-state index in [1.807, 2.05) is 6.92 Å². The van der Waals surface area contributed by atoms with Gasteiger partial charge >= 0.3 is 5.69 Å². The van der Waals surface area contributed by atoms with Crippen molar-refractivity contribution in [2.45, 2.75) is 6.92 Å². The van der Waals surface area contributed by atoms with Crippen LogP contribution in [0.1, 0.15) is 6.92 Å². The summed E-state index contributed by atoms with van der Waals surface area (Å²) in [7, 11) is 0. The van der Waals surface area contributed by atoms with Gasteiger partial charge in [0.15, 0.2) is 0 Å². The highest BCUT2D eigenvalue weighted by atomic mass is 16.6. The lowest BCUT2D eigenvalue weighted by Crippen LogP contribution is -2.07. The molecule has 2 N–H and O–H groups in total. The molecule has 0 radical (unpaired) electrons. The van der Waals surface area contributed by atoms with Crippen LogP contribution in [0.15, 0.2) is 30.7 Å². The lowest BCUT2D eigenvalue weighted by molar-refractivity contribution is -0.384. The first kappa shape index (κ1) is 12.7. The van der Waals surface area contributed by atoms with Gasteiger partial charge in [0.2, 0.25) is 11.8 Å². The Morgan fingerprint density at radius 1 is 1.37 bits per heavy atom. The van der Waals surface area contributed by atoms with Gasteiger partial charge in [-0.25, -0.2) is 4.98 Å². The van der Waals surface area contributed by atoms with E-state index in [0.29, 0.717) is 6.54 Å². The van der Waals surface area contributed by atoms with Gasteiger partial charge < -0.3 is 10.6 Å². The van der Waals surface area contributed by atoms with Crippen molar-refractivity contribution in [1.29, 1.82) is 0 Å². The number of nitro groups is 1. The molecule has 0 unspecified atom stereocenters. The van der Waals surface area contributed by atoms with E-state index in [2.05, 4.69) is 25.6 Å². The second kappa shape index (κ2) is 5.71. The van der Waals surface area contributed by atoms with Crippen molar-refractivity contribution in [3.05, 3.63) is 40.8 Å². The summed E-state index contributed by atoms with van der Waals surface area (Å²) in [5.74, 6) is 0.479. The van der Waals surface area contributed by atoms with Gasteiger partial charge in [-0.3, -0.25) is 15.1 Å². The molecule has 8 heteroatoms. The summed E-state index contributed by atoms with van der Waals surface area (Å²) in [5, 5.41) is 16.6. The fraction of sp³-hybridized carbons (Fsp3) is 0.182. The molecule has 0 aliphatic rings. The van der Waals surface area contributed by atoms with Crippen LogP contribution in [0.3, 0.4) is 0 Å². The number of nitrogens with one attached hydrogen (secondary N) is 2. The molecule has 0 aliphatic carbocycles. The van der Waals surface area contributed by atoms with Crippen molar-refractivity contribution < 1.29 is 4.92 Å². The fourth-order valence-electron chi connectivity index (χ4n) is 1.43. The minimum absolute atomic E-state index is 0.151. The Hall–Kier alpha value is -2.77. The Balaban J connectivity index is 2.27. The largest absolute Gasteiger partial charge is 0.364 e. The molecule has 0 amide bonds. The molecule has 2 aromatic heterocycles. The monoisotopic (exact) mass is 260 g/mol. The SMILES string of the molecule is CCNc1nc(Nc2ccncc2)ncc1[N+](=O)[O-]. The maximum atomic E-state index is 10.8. The van der Waals surface area contributed by atoms with E-state index in [0.717, 1.165) is 5.69 Å². The van der Waals surface area contributed by atoms with Gasteiger partial charge in [-0.05, 0) is 19.1 Å². The summed E-state index contributed by atoms with van der Waals surface area (Å²) in [6.45, 7) is 2.37. The molecule has 2 heterocycles. The van der Waals surface area contributed by atoms with E-state index < -0.39 is 4.92 Å². The third-order valence-corrected chi connectivity index (χ3v) is 2.25. The average Bonchev–Trinajstić information content (AvgIpc) is 2.40. The molecule has 98 valence electrons. The molecule has 0 bridgehead atoms. The van der Waals surface area contributed by atoms with Crippen LogP contribution in [0.4, 0.5) is 23.1 Å². The van der Waals surface area contributed by atoms with Crippen LogP contribution >= 0.6 is 0 Å². The minimum Gasteiger partial charge on any atom is -0.364 e. The van der Waals surface area contributed by atoms with Crippen molar-refractivity contribution in [1.82, 2.24) is 15.0 Å². The summed E-state index contributed by atoms with van der Waals surface area (Å²) >= 11 is 0. The maximum absolute atomic E-state index is 10.8. The van der Waals surface area contributed by atoms with Crippen molar-refractivity contribution in [3.8, 4) is 0 Å². The second-order valence-electron chi connectivity index (χ2n) is 3.58. The zero-order chi connectivity index (χ0) is 13.7. The molecule has 0 aliphatic heterocycles. The zero-order valence-corrected chi connectivity index (χ0v) is 10.2. The maximum Gasteiger partial charge on any atom is 0.329 e. The van der Waals surface area contributed by atoms with Crippen LogP contribution in [0.25, 0.3) is 0 Å². The van der Waals surface area contributed by atoms with Crippen LogP contribution in [-0.2, 0) is 0 Å². The molecule has 8 nitrogen and oxygen atoms in total. The first-order chi connectivity index (χ1) is 9.20. The molecular formula is C11H12N6O2. The van der Waals surface area contributed by atoms with Gasteiger partial charge in [0.05, 0.1) is 4.92 Å². The highest BCUT2D eigenvalue weighted by molar-refractivity contribution is 5.60. The molecular weight excluding hydrogens is 248 g/mol. The van der Waals surface area contributed by atoms with E-state index >= 15 is 0 Å². The Bertz CT molecular complexity index is 575. The lowest BCUT2D eigenvalue weighted by atomic mass is 10.4. The van der Waals surface area contributed by atoms with E-state index in [9.17, 15) is 10.1 Å². The normalized spacial score (nSPS) is 9.95. The van der Waals surface area contributed by atoms with Crippen LogP contribution in [0.5, 0.6) is 0 Å². The fourth-order valence-corrected chi connectivity index (χ4v) is 1.43. The summed E-state index contributed by atoms with van der Waals surface area (Å²) in [6.07, 6.45) is 4.42. The molecule has 0 fully saturated rings. The Labute approximate surface area is 109 Å². The molecule has 0 saturated heterocycles. The van der Waals surface area contributed by atoms with E-state index in [4.69, 9.17) is 0 Å². The quantitative estimate of drug-likeness (QED) is 0.625. The molecule has 0 atom stereocenters. The highest BCUT2D eigenvalue weighted by Gasteiger charge is 2.16. The standard InChI is InChI=1S/C11H12N6O2/c1-2-13-10-9(17(18)19)7-14-11(16-10)15-8-3-5-12-6-4-8/h3-7H,2H2,1H3,(H2,12,13,14,15,16). The Morgan fingerprint density at radius 2 is 2.11 bits per heavy atom. The molecule has 2 aromatic rings. The van der Waals surface area contributed by atoms with E-state index in [1.165, 1.54) is 6.20 Å².